The van der Waals surface area contributed by atoms with Crippen molar-refractivity contribution in [3.63, 3.8) is 0 Å². The smallest absolute Gasteiger partial charge is 0.205 e. The third-order valence-electron chi connectivity index (χ3n) is 6.45. The van der Waals surface area contributed by atoms with Gasteiger partial charge in [0.25, 0.3) is 0 Å². The molecular weight excluding hydrogens is 316 g/mol. The summed E-state index contributed by atoms with van der Waals surface area (Å²) < 4.78 is 17.6. The molecule has 0 aliphatic heterocycles. The summed E-state index contributed by atoms with van der Waals surface area (Å²) in [5, 5.41) is 0. The highest BCUT2D eigenvalue weighted by molar-refractivity contribution is 6.03. The van der Waals surface area contributed by atoms with E-state index >= 15 is 0 Å². The Hall–Kier alpha value is -1.65. The lowest BCUT2D eigenvalue weighted by atomic mass is 9.60. The van der Waals surface area contributed by atoms with Gasteiger partial charge in [0.15, 0.2) is 5.78 Å². The summed E-state index contributed by atoms with van der Waals surface area (Å²) in [6, 6.07) is 5.88. The van der Waals surface area contributed by atoms with Crippen LogP contribution < -0.4 is 4.74 Å². The van der Waals surface area contributed by atoms with Crippen molar-refractivity contribution in [3.05, 3.63) is 34.9 Å². The lowest BCUT2D eigenvalue weighted by Gasteiger charge is -2.49. The molecule has 0 spiro atoms. The van der Waals surface area contributed by atoms with Crippen molar-refractivity contribution in [2.45, 2.75) is 37.9 Å². The second-order valence-electron chi connectivity index (χ2n) is 7.40. The van der Waals surface area contributed by atoms with Crippen LogP contribution in [-0.4, -0.2) is 27.1 Å². The number of benzene rings is 1. The Kier molecular flexibility index (Phi) is 4.20. The predicted molar refractivity (Wildman–Crippen MR) is 95.2 cm³/mol. The van der Waals surface area contributed by atoms with Crippen LogP contribution in [-0.2, 0) is 20.1 Å². The molecule has 2 fully saturated rings. The van der Waals surface area contributed by atoms with Crippen molar-refractivity contribution in [2.24, 2.45) is 17.8 Å². The maximum absolute atomic E-state index is 13.3. The van der Waals surface area contributed by atoms with E-state index in [1.54, 1.807) is 21.3 Å². The Morgan fingerprint density at radius 2 is 1.84 bits per heavy atom. The van der Waals surface area contributed by atoms with Crippen molar-refractivity contribution in [2.75, 3.05) is 21.3 Å². The van der Waals surface area contributed by atoms with E-state index in [0.717, 1.165) is 48.1 Å². The first-order valence-electron chi connectivity index (χ1n) is 9.19. The summed E-state index contributed by atoms with van der Waals surface area (Å²) in [4.78, 5) is 13.3. The zero-order chi connectivity index (χ0) is 17.6. The Morgan fingerprint density at radius 1 is 1.08 bits per heavy atom. The molecule has 4 nitrogen and oxygen atoms in total. The van der Waals surface area contributed by atoms with Gasteiger partial charge in [-0.15, -0.1) is 0 Å². The zero-order valence-corrected chi connectivity index (χ0v) is 15.2. The van der Waals surface area contributed by atoms with Crippen LogP contribution in [0.4, 0.5) is 0 Å². The fourth-order valence-electron chi connectivity index (χ4n) is 5.31. The molecule has 1 aromatic rings. The second-order valence-corrected chi connectivity index (χ2v) is 7.40. The number of hydrogen-bond donors (Lipinski definition) is 0. The van der Waals surface area contributed by atoms with Crippen LogP contribution in [0.5, 0.6) is 5.75 Å². The molecule has 0 amide bonds. The Labute approximate surface area is 149 Å². The summed E-state index contributed by atoms with van der Waals surface area (Å²) in [5.41, 5.74) is 2.72. The largest absolute Gasteiger partial charge is 0.496 e. The molecule has 0 bridgehead atoms. The minimum absolute atomic E-state index is 0.0850. The predicted octanol–water partition coefficient (Wildman–Crippen LogP) is 3.93. The quantitative estimate of drug-likeness (QED) is 0.781. The topological polar surface area (TPSA) is 44.8 Å². The Balaban J connectivity index is 1.91. The maximum Gasteiger partial charge on any atom is 0.205 e. The fourth-order valence-corrected chi connectivity index (χ4v) is 5.31. The van der Waals surface area contributed by atoms with E-state index in [4.69, 9.17) is 14.2 Å². The third-order valence-corrected chi connectivity index (χ3v) is 6.45. The van der Waals surface area contributed by atoms with Crippen LogP contribution in [0, 0.1) is 17.8 Å². The van der Waals surface area contributed by atoms with Crippen LogP contribution in [0.1, 0.15) is 43.2 Å². The number of carbonyl (C=O) groups is 1. The molecular formula is C21H26O4. The minimum Gasteiger partial charge on any atom is -0.496 e. The molecule has 2 saturated carbocycles. The van der Waals surface area contributed by atoms with Gasteiger partial charge in [0.05, 0.1) is 12.7 Å². The molecule has 25 heavy (non-hydrogen) atoms. The lowest BCUT2D eigenvalue weighted by molar-refractivity contribution is -0.250. The fraction of sp³-hybridized carbons (Fsp3) is 0.571. The van der Waals surface area contributed by atoms with E-state index in [-0.39, 0.29) is 11.8 Å². The number of carbonyl (C=O) groups excluding carboxylic acids is 1. The molecule has 4 rings (SSSR count). The van der Waals surface area contributed by atoms with E-state index in [1.807, 2.05) is 24.3 Å². The summed E-state index contributed by atoms with van der Waals surface area (Å²) in [6.07, 6.45) is 7.50. The number of ketones is 1. The van der Waals surface area contributed by atoms with Gasteiger partial charge in [0, 0.05) is 31.6 Å². The Bertz CT molecular complexity index is 717. The number of hydrogen-bond acceptors (Lipinski definition) is 4. The first kappa shape index (κ1) is 16.8. The summed E-state index contributed by atoms with van der Waals surface area (Å²) >= 11 is 0. The summed E-state index contributed by atoms with van der Waals surface area (Å²) in [7, 11) is 4.99. The van der Waals surface area contributed by atoms with E-state index < -0.39 is 5.79 Å². The maximum atomic E-state index is 13.3. The van der Waals surface area contributed by atoms with E-state index in [2.05, 4.69) is 0 Å². The molecule has 0 aromatic heterocycles. The van der Waals surface area contributed by atoms with Crippen molar-refractivity contribution in [1.29, 1.82) is 0 Å². The van der Waals surface area contributed by atoms with Crippen LogP contribution in [0.15, 0.2) is 23.8 Å². The zero-order valence-electron chi connectivity index (χ0n) is 15.2. The van der Waals surface area contributed by atoms with Crippen molar-refractivity contribution >= 4 is 11.9 Å². The molecule has 4 heteroatoms. The number of Topliss-reactive ketones (excluding diaryl/α,β-unsaturated/α-hetero) is 1. The third kappa shape index (κ3) is 2.31. The number of fused-ring (bicyclic) bond motifs is 3. The van der Waals surface area contributed by atoms with Crippen LogP contribution >= 0.6 is 0 Å². The van der Waals surface area contributed by atoms with Crippen LogP contribution in [0.2, 0.25) is 0 Å². The highest BCUT2D eigenvalue weighted by Crippen LogP contribution is 2.55. The molecule has 1 aromatic carbocycles. The highest BCUT2D eigenvalue weighted by Gasteiger charge is 2.55. The minimum atomic E-state index is -0.968. The number of rotatable bonds is 3. The molecule has 3 atom stereocenters. The molecule has 3 aliphatic rings. The summed E-state index contributed by atoms with van der Waals surface area (Å²) in [5.74, 6) is 0.601. The average Bonchev–Trinajstić information content (AvgIpc) is 2.66. The van der Waals surface area contributed by atoms with E-state index in [0.29, 0.717) is 11.7 Å². The van der Waals surface area contributed by atoms with Crippen LogP contribution in [0.25, 0.3) is 6.08 Å². The van der Waals surface area contributed by atoms with Gasteiger partial charge in [0.1, 0.15) is 5.75 Å². The highest BCUT2D eigenvalue weighted by atomic mass is 16.7. The van der Waals surface area contributed by atoms with Gasteiger partial charge in [-0.25, -0.2) is 0 Å². The first-order chi connectivity index (χ1) is 12.2. The van der Waals surface area contributed by atoms with Crippen LogP contribution in [0.3, 0.4) is 0 Å². The Morgan fingerprint density at radius 3 is 2.56 bits per heavy atom. The van der Waals surface area contributed by atoms with Crippen molar-refractivity contribution in [1.82, 2.24) is 0 Å². The molecule has 3 aliphatic carbocycles. The van der Waals surface area contributed by atoms with E-state index in [9.17, 15) is 4.79 Å². The van der Waals surface area contributed by atoms with Gasteiger partial charge in [-0.2, -0.15) is 0 Å². The standard InChI is InChI=1S/C21H26O4/c1-23-18-10-6-8-14-11-16-17(21(24-2,25-3)19(14)18)12-13-7-4-5-9-15(13)20(16)22/h6,8,10-11,13,15,17H,4-5,7,9,12H2,1-3H3. The van der Waals surface area contributed by atoms with Crippen molar-refractivity contribution in [3.8, 4) is 5.75 Å². The molecule has 3 unspecified atom stereocenters. The van der Waals surface area contributed by atoms with Gasteiger partial charge in [0.2, 0.25) is 5.79 Å². The number of methoxy groups -OCH3 is 3. The van der Waals surface area contributed by atoms with Crippen molar-refractivity contribution < 1.29 is 19.0 Å². The molecule has 134 valence electrons. The SMILES string of the molecule is COc1cccc2c1C(OC)(OC)C1CC3CCCCC3C(=O)C1=C2. The average molecular weight is 342 g/mol. The second kappa shape index (κ2) is 6.26. The normalized spacial score (nSPS) is 30.0. The monoisotopic (exact) mass is 342 g/mol. The van der Waals surface area contributed by atoms with Gasteiger partial charge in [-0.05, 0) is 42.9 Å². The lowest BCUT2D eigenvalue weighted by Crippen LogP contribution is -2.50. The molecule has 0 radical (unpaired) electrons. The first-order valence-corrected chi connectivity index (χ1v) is 9.19. The number of ether oxygens (including phenoxy) is 3. The summed E-state index contributed by atoms with van der Waals surface area (Å²) in [6.45, 7) is 0. The van der Waals surface area contributed by atoms with Gasteiger partial charge < -0.3 is 14.2 Å². The van der Waals surface area contributed by atoms with E-state index in [1.165, 1.54) is 6.42 Å². The molecule has 0 saturated heterocycles. The van der Waals surface area contributed by atoms with Gasteiger partial charge >= 0.3 is 0 Å². The van der Waals surface area contributed by atoms with Gasteiger partial charge in [-0.1, -0.05) is 25.0 Å². The molecule has 0 heterocycles. The molecule has 0 N–H and O–H groups in total. The van der Waals surface area contributed by atoms with Gasteiger partial charge in [-0.3, -0.25) is 4.79 Å².